The second-order valence-electron chi connectivity index (χ2n) is 3.72. The van der Waals surface area contributed by atoms with Crippen molar-refractivity contribution in [2.24, 2.45) is 0 Å². The molecular weight excluding hydrogens is 280 g/mol. The average Bonchev–Trinajstić information content (AvgIpc) is 1.98. The summed E-state index contributed by atoms with van der Waals surface area (Å²) in [5.41, 5.74) is 0.583. The molecule has 0 aromatic heterocycles. The maximum atomic E-state index is 7.90. The number of hydrogen-bond acceptors (Lipinski definition) is 0. The van der Waals surface area contributed by atoms with Crippen molar-refractivity contribution in [2.45, 2.75) is 26.2 Å². The van der Waals surface area contributed by atoms with Crippen LogP contribution in [0.1, 0.15) is 29.1 Å². The molecule has 0 nitrogen and oxygen atoms in total. The quantitative estimate of drug-likeness (QED) is 0.660. The molecule has 2 heteroatoms. The minimum Gasteiger partial charge on any atom is -0.0561 e. The molecule has 0 fully saturated rings. The van der Waals surface area contributed by atoms with Gasteiger partial charge in [-0.15, -0.1) is 0 Å². The predicted octanol–water partition coefficient (Wildman–Crippen LogP) is 4.51. The number of benzene rings is 1. The molecule has 0 aliphatic carbocycles. The Morgan fingerprint density at radius 1 is 1.17 bits per heavy atom. The first-order valence-corrected chi connectivity index (χ1v) is 5.29. The zero-order chi connectivity index (χ0) is 11.1. The molecule has 66 valence electrons. The number of rotatable bonds is 0. The monoisotopic (exact) mass is 292 g/mol. The van der Waals surface area contributed by atoms with Crippen molar-refractivity contribution in [3.8, 4) is 0 Å². The molecule has 0 aliphatic heterocycles. The summed E-state index contributed by atoms with van der Waals surface area (Å²) in [6, 6.07) is 2.57. The summed E-state index contributed by atoms with van der Waals surface area (Å²) in [6.45, 7) is 6.03. The molecule has 0 aliphatic rings. The summed E-state index contributed by atoms with van der Waals surface area (Å²) in [7, 11) is 0. The Kier molecular flexibility index (Phi) is 2.21. The Labute approximate surface area is 93.4 Å². The third-order valence-corrected chi connectivity index (χ3v) is 2.35. The van der Waals surface area contributed by atoms with Crippen LogP contribution in [0.4, 0.5) is 0 Å². The average molecular weight is 294 g/mol. The van der Waals surface area contributed by atoms with E-state index in [2.05, 4.69) is 31.9 Å². The van der Waals surface area contributed by atoms with Gasteiger partial charge in [0.2, 0.25) is 0 Å². The van der Waals surface area contributed by atoms with Gasteiger partial charge < -0.3 is 0 Å². The van der Waals surface area contributed by atoms with Crippen LogP contribution in [-0.4, -0.2) is 0 Å². The highest BCUT2D eigenvalue weighted by molar-refractivity contribution is 9.11. The van der Waals surface area contributed by atoms with Crippen molar-refractivity contribution >= 4 is 31.9 Å². The minimum absolute atomic E-state index is 0.180. The smallest absolute Gasteiger partial charge is 0.0561 e. The molecule has 0 atom stereocenters. The summed E-state index contributed by atoms with van der Waals surface area (Å²) in [5, 5.41) is 0. The molecule has 0 spiro atoms. The largest absolute Gasteiger partial charge is 0.0638 e. The first kappa shape index (κ1) is 7.57. The highest BCUT2D eigenvalue weighted by atomic mass is 79.9. The molecule has 0 unspecified atom stereocenters. The van der Waals surface area contributed by atoms with E-state index in [-0.39, 0.29) is 5.41 Å². The highest BCUT2D eigenvalue weighted by Crippen LogP contribution is 2.28. The molecule has 1 aromatic rings. The van der Waals surface area contributed by atoms with Crippen LogP contribution in [0.15, 0.2) is 27.1 Å². The van der Waals surface area contributed by atoms with Gasteiger partial charge in [-0.25, -0.2) is 0 Å². The Morgan fingerprint density at radius 3 is 1.92 bits per heavy atom. The maximum Gasteiger partial charge on any atom is 0.0638 e. The second kappa shape index (κ2) is 3.51. The number of hydrogen-bond donors (Lipinski definition) is 0. The van der Waals surface area contributed by atoms with Crippen LogP contribution in [-0.2, 0) is 5.41 Å². The summed E-state index contributed by atoms with van der Waals surface area (Å²) in [5.74, 6) is 0. The Hall–Kier alpha value is 0.180. The summed E-state index contributed by atoms with van der Waals surface area (Å²) >= 11 is 6.65. The normalized spacial score (nSPS) is 14.1. The standard InChI is InChI=1S/C10H12Br2/c1-10(2,3)7-4-8(11)6-9(12)5-7/h4-6H,1-3H3/i4D,5D. The fourth-order valence-corrected chi connectivity index (χ4v) is 1.99. The molecule has 0 heterocycles. The lowest BCUT2D eigenvalue weighted by Crippen LogP contribution is -2.10. The van der Waals surface area contributed by atoms with Crippen LogP contribution < -0.4 is 0 Å². The molecule has 0 bridgehead atoms. The maximum absolute atomic E-state index is 7.90. The Balaban J connectivity index is 3.56. The highest BCUT2D eigenvalue weighted by Gasteiger charge is 2.14. The van der Waals surface area contributed by atoms with Crippen molar-refractivity contribution in [2.75, 3.05) is 0 Å². The Bertz CT molecular complexity index is 341. The summed E-state index contributed by atoms with van der Waals surface area (Å²) in [4.78, 5) is 0. The molecular formula is C10H12Br2. The predicted molar refractivity (Wildman–Crippen MR) is 60.5 cm³/mol. The van der Waals surface area contributed by atoms with Crippen LogP contribution in [0.3, 0.4) is 0 Å². The van der Waals surface area contributed by atoms with Crippen LogP contribution in [0, 0.1) is 0 Å². The van der Waals surface area contributed by atoms with Crippen LogP contribution in [0.5, 0.6) is 0 Å². The van der Waals surface area contributed by atoms with E-state index in [1.807, 2.05) is 20.8 Å². The molecule has 0 amide bonds. The van der Waals surface area contributed by atoms with Crippen molar-refractivity contribution in [1.29, 1.82) is 0 Å². The molecule has 0 saturated carbocycles. The molecule has 0 saturated heterocycles. The van der Waals surface area contributed by atoms with E-state index in [0.717, 1.165) is 14.5 Å². The van der Waals surface area contributed by atoms with Gasteiger partial charge in [-0.2, -0.15) is 0 Å². The summed E-state index contributed by atoms with van der Waals surface area (Å²) in [6.07, 6.45) is 0. The topological polar surface area (TPSA) is 0 Å². The molecule has 1 rings (SSSR count). The van der Waals surface area contributed by atoms with Gasteiger partial charge in [-0.05, 0) is 29.1 Å². The summed E-state index contributed by atoms with van der Waals surface area (Å²) < 4.78 is 17.3. The van der Waals surface area contributed by atoms with Crippen LogP contribution >= 0.6 is 31.9 Å². The van der Waals surface area contributed by atoms with Crippen LogP contribution in [0.2, 0.25) is 0 Å². The van der Waals surface area contributed by atoms with Crippen molar-refractivity contribution in [3.05, 3.63) is 32.7 Å². The van der Waals surface area contributed by atoms with E-state index in [4.69, 9.17) is 2.74 Å². The molecule has 0 N–H and O–H groups in total. The lowest BCUT2D eigenvalue weighted by atomic mass is 9.87. The van der Waals surface area contributed by atoms with Crippen LogP contribution in [0.25, 0.3) is 0 Å². The van der Waals surface area contributed by atoms with Gasteiger partial charge in [0.15, 0.2) is 0 Å². The van der Waals surface area contributed by atoms with E-state index in [9.17, 15) is 0 Å². The van der Waals surface area contributed by atoms with E-state index >= 15 is 0 Å². The van der Waals surface area contributed by atoms with Gasteiger partial charge in [0.25, 0.3) is 0 Å². The van der Waals surface area contributed by atoms with Gasteiger partial charge >= 0.3 is 0 Å². The zero-order valence-corrected chi connectivity index (χ0v) is 10.5. The Morgan fingerprint density at radius 2 is 1.58 bits per heavy atom. The second-order valence-corrected chi connectivity index (χ2v) is 5.42. The molecule has 1 aromatic carbocycles. The minimum atomic E-state index is -0.180. The first-order chi connectivity index (χ1) is 6.25. The van der Waals surface area contributed by atoms with Crippen molar-refractivity contribution in [1.82, 2.24) is 0 Å². The fourth-order valence-electron chi connectivity index (χ4n) is 0.829. The van der Waals surface area contributed by atoms with Gasteiger partial charge in [0.1, 0.15) is 0 Å². The lowest BCUT2D eigenvalue weighted by molar-refractivity contribution is 0.589. The fraction of sp³-hybridized carbons (Fsp3) is 0.400. The van der Waals surface area contributed by atoms with Crippen molar-refractivity contribution in [3.63, 3.8) is 0 Å². The third kappa shape index (κ3) is 2.60. The SMILES string of the molecule is [2H]c1c(Br)cc(Br)c([2H])c1C(C)(C)C. The third-order valence-electron chi connectivity index (χ3n) is 1.49. The first-order valence-electron chi connectivity index (χ1n) is 4.71. The van der Waals surface area contributed by atoms with Gasteiger partial charge in [0, 0.05) is 8.95 Å². The number of halogens is 2. The van der Waals surface area contributed by atoms with Crippen molar-refractivity contribution < 1.29 is 2.74 Å². The van der Waals surface area contributed by atoms with E-state index in [1.54, 1.807) is 6.07 Å². The van der Waals surface area contributed by atoms with E-state index < -0.39 is 0 Å². The van der Waals surface area contributed by atoms with E-state index in [0.29, 0.717) is 12.1 Å². The molecule has 12 heavy (non-hydrogen) atoms. The van der Waals surface area contributed by atoms with Gasteiger partial charge in [-0.3, -0.25) is 0 Å². The van der Waals surface area contributed by atoms with E-state index in [1.165, 1.54) is 0 Å². The van der Waals surface area contributed by atoms with Gasteiger partial charge in [-0.1, -0.05) is 52.6 Å². The zero-order valence-electron chi connectivity index (χ0n) is 9.33. The molecule has 0 radical (unpaired) electrons. The van der Waals surface area contributed by atoms with Gasteiger partial charge in [0.05, 0.1) is 2.74 Å². The lowest BCUT2D eigenvalue weighted by Gasteiger charge is -2.19.